The fourth-order valence-electron chi connectivity index (χ4n) is 1.36. The van der Waals surface area contributed by atoms with Crippen molar-refractivity contribution in [3.63, 3.8) is 0 Å². The quantitative estimate of drug-likeness (QED) is 0.649. The number of carbonyl (C=O) groups is 1. The molecule has 0 spiro atoms. The van der Waals surface area contributed by atoms with Crippen LogP contribution >= 0.6 is 0 Å². The third kappa shape index (κ3) is 3.02. The van der Waals surface area contributed by atoms with Crippen molar-refractivity contribution in [2.24, 2.45) is 5.92 Å². The molecule has 1 aliphatic carbocycles. The van der Waals surface area contributed by atoms with Crippen LogP contribution in [0, 0.1) is 5.92 Å². The van der Waals surface area contributed by atoms with E-state index in [2.05, 4.69) is 5.32 Å². The minimum absolute atomic E-state index is 0.386. The number of nitrogens with one attached hydrogen (secondary N) is 1. The summed E-state index contributed by atoms with van der Waals surface area (Å²) in [4.78, 5) is 11.1. The molecule has 1 rings (SSSR count). The van der Waals surface area contributed by atoms with Gasteiger partial charge in [0.2, 0.25) is 0 Å². The highest BCUT2D eigenvalue weighted by atomic mass is 16.1. The number of Topliss-reactive ketones (excluding diaryl/α,β-unsaturated/α-hetero) is 1. The number of hydrogen-bond acceptors (Lipinski definition) is 2. The molecule has 0 atom stereocenters. The van der Waals surface area contributed by atoms with Crippen LogP contribution in [0.5, 0.6) is 0 Å². The van der Waals surface area contributed by atoms with E-state index in [0.29, 0.717) is 12.3 Å². The van der Waals surface area contributed by atoms with Gasteiger partial charge < -0.3 is 5.32 Å². The van der Waals surface area contributed by atoms with Gasteiger partial charge in [0.05, 0.1) is 6.54 Å². The number of ketones is 1. The van der Waals surface area contributed by atoms with Crippen LogP contribution in [0.3, 0.4) is 0 Å². The van der Waals surface area contributed by atoms with E-state index < -0.39 is 0 Å². The van der Waals surface area contributed by atoms with Crippen molar-refractivity contribution in [1.82, 2.24) is 5.32 Å². The number of likely N-dealkylation sites (N-methyl/N-ethyl adjacent to an activating group) is 1. The van der Waals surface area contributed by atoms with E-state index in [1.54, 1.807) is 0 Å². The lowest BCUT2D eigenvalue weighted by atomic mass is 9.82. The lowest BCUT2D eigenvalue weighted by molar-refractivity contribution is -0.119. The van der Waals surface area contributed by atoms with E-state index in [1.807, 2.05) is 6.92 Å². The molecule has 1 aliphatic rings. The first-order chi connectivity index (χ1) is 5.33. The van der Waals surface area contributed by atoms with Gasteiger partial charge in [0.1, 0.15) is 5.78 Å². The smallest absolute Gasteiger partial charge is 0.146 e. The summed E-state index contributed by atoms with van der Waals surface area (Å²) in [6.45, 7) is 3.50. The molecular formula is C9H17NO. The van der Waals surface area contributed by atoms with Crippen LogP contribution in [-0.2, 0) is 4.79 Å². The van der Waals surface area contributed by atoms with Crippen molar-refractivity contribution in [2.75, 3.05) is 13.1 Å². The summed E-state index contributed by atoms with van der Waals surface area (Å²) in [7, 11) is 0. The molecule has 1 saturated carbocycles. The van der Waals surface area contributed by atoms with Crippen LogP contribution < -0.4 is 5.32 Å². The Morgan fingerprint density at radius 2 is 2.27 bits per heavy atom. The van der Waals surface area contributed by atoms with Crippen LogP contribution in [0.4, 0.5) is 0 Å². The highest BCUT2D eigenvalue weighted by molar-refractivity contribution is 5.80. The molecule has 0 unspecified atom stereocenters. The Kier molecular flexibility index (Phi) is 3.57. The average molecular weight is 155 g/mol. The second-order valence-corrected chi connectivity index (χ2v) is 3.32. The Morgan fingerprint density at radius 1 is 1.55 bits per heavy atom. The molecule has 2 heteroatoms. The van der Waals surface area contributed by atoms with E-state index in [9.17, 15) is 4.79 Å². The van der Waals surface area contributed by atoms with E-state index in [4.69, 9.17) is 0 Å². The van der Waals surface area contributed by atoms with Gasteiger partial charge in [-0.3, -0.25) is 4.79 Å². The van der Waals surface area contributed by atoms with Gasteiger partial charge in [-0.25, -0.2) is 0 Å². The van der Waals surface area contributed by atoms with Crippen LogP contribution in [0.15, 0.2) is 0 Å². The third-order valence-electron chi connectivity index (χ3n) is 2.31. The maximum atomic E-state index is 11.1. The maximum Gasteiger partial charge on any atom is 0.146 e. The summed E-state index contributed by atoms with van der Waals surface area (Å²) in [6.07, 6.45) is 4.70. The lowest BCUT2D eigenvalue weighted by Gasteiger charge is -2.24. The molecule has 0 bridgehead atoms. The standard InChI is InChI=1S/C9H17NO/c1-2-10-7-9(11)6-8-4-3-5-8/h8,10H,2-7H2,1H3. The van der Waals surface area contributed by atoms with Gasteiger partial charge >= 0.3 is 0 Å². The van der Waals surface area contributed by atoms with Crippen molar-refractivity contribution in [2.45, 2.75) is 32.6 Å². The van der Waals surface area contributed by atoms with E-state index >= 15 is 0 Å². The first kappa shape index (κ1) is 8.72. The molecule has 0 aromatic heterocycles. The van der Waals surface area contributed by atoms with Crippen molar-refractivity contribution in [1.29, 1.82) is 0 Å². The van der Waals surface area contributed by atoms with Crippen molar-refractivity contribution in [3.8, 4) is 0 Å². The fraction of sp³-hybridized carbons (Fsp3) is 0.889. The zero-order valence-corrected chi connectivity index (χ0v) is 7.23. The molecule has 64 valence electrons. The van der Waals surface area contributed by atoms with Gasteiger partial charge in [-0.05, 0) is 12.5 Å². The normalized spacial score (nSPS) is 17.9. The fourth-order valence-corrected chi connectivity index (χ4v) is 1.36. The largest absolute Gasteiger partial charge is 0.310 e. The highest BCUT2D eigenvalue weighted by Gasteiger charge is 2.19. The molecule has 1 N–H and O–H groups in total. The van der Waals surface area contributed by atoms with Crippen LogP contribution in [0.2, 0.25) is 0 Å². The van der Waals surface area contributed by atoms with Gasteiger partial charge in [-0.15, -0.1) is 0 Å². The van der Waals surface area contributed by atoms with E-state index in [-0.39, 0.29) is 0 Å². The summed E-state index contributed by atoms with van der Waals surface area (Å²) in [5, 5.41) is 3.05. The molecule has 0 saturated heterocycles. The average Bonchev–Trinajstić information content (AvgIpc) is 1.93. The predicted molar refractivity (Wildman–Crippen MR) is 45.5 cm³/mol. The van der Waals surface area contributed by atoms with Crippen molar-refractivity contribution >= 4 is 5.78 Å². The summed E-state index contributed by atoms with van der Waals surface area (Å²) in [5.41, 5.74) is 0. The first-order valence-electron chi connectivity index (χ1n) is 4.55. The molecule has 0 heterocycles. The maximum absolute atomic E-state index is 11.1. The molecule has 1 fully saturated rings. The molecule has 11 heavy (non-hydrogen) atoms. The van der Waals surface area contributed by atoms with E-state index in [0.717, 1.165) is 18.9 Å². The minimum Gasteiger partial charge on any atom is -0.310 e. The van der Waals surface area contributed by atoms with Gasteiger partial charge in [0.25, 0.3) is 0 Å². The third-order valence-corrected chi connectivity index (χ3v) is 2.31. The topological polar surface area (TPSA) is 29.1 Å². The zero-order chi connectivity index (χ0) is 8.10. The Hall–Kier alpha value is -0.370. The monoisotopic (exact) mass is 155 g/mol. The SMILES string of the molecule is CCNCC(=O)CC1CCC1. The molecule has 0 amide bonds. The molecule has 0 aromatic carbocycles. The van der Waals surface area contributed by atoms with Gasteiger partial charge in [-0.2, -0.15) is 0 Å². The van der Waals surface area contributed by atoms with Crippen LogP contribution in [0.1, 0.15) is 32.6 Å². The molecule has 0 radical (unpaired) electrons. The van der Waals surface area contributed by atoms with Crippen molar-refractivity contribution in [3.05, 3.63) is 0 Å². The Morgan fingerprint density at radius 3 is 2.73 bits per heavy atom. The molecule has 2 nitrogen and oxygen atoms in total. The second-order valence-electron chi connectivity index (χ2n) is 3.32. The summed E-state index contributed by atoms with van der Waals surface area (Å²) >= 11 is 0. The predicted octanol–water partition coefficient (Wildman–Crippen LogP) is 1.36. The molecule has 0 aliphatic heterocycles. The second kappa shape index (κ2) is 4.50. The molecular weight excluding hydrogens is 138 g/mol. The number of hydrogen-bond donors (Lipinski definition) is 1. The minimum atomic E-state index is 0.386. The lowest BCUT2D eigenvalue weighted by Crippen LogP contribution is -2.26. The van der Waals surface area contributed by atoms with Gasteiger partial charge in [0.15, 0.2) is 0 Å². The van der Waals surface area contributed by atoms with Crippen molar-refractivity contribution < 1.29 is 4.79 Å². The van der Waals surface area contributed by atoms with E-state index in [1.165, 1.54) is 19.3 Å². The Bertz CT molecular complexity index is 130. The zero-order valence-electron chi connectivity index (χ0n) is 7.23. The van der Waals surface area contributed by atoms with Gasteiger partial charge in [0, 0.05) is 6.42 Å². The summed E-state index contributed by atoms with van der Waals surface area (Å²) in [6, 6.07) is 0. The van der Waals surface area contributed by atoms with Crippen LogP contribution in [0.25, 0.3) is 0 Å². The number of rotatable bonds is 5. The molecule has 0 aromatic rings. The Labute approximate surface area is 68.4 Å². The summed E-state index contributed by atoms with van der Waals surface area (Å²) < 4.78 is 0. The number of carbonyl (C=O) groups excluding carboxylic acids is 1. The first-order valence-corrected chi connectivity index (χ1v) is 4.55. The highest BCUT2D eigenvalue weighted by Crippen LogP contribution is 2.29. The summed E-state index contributed by atoms with van der Waals surface area (Å²) in [5.74, 6) is 1.11. The van der Waals surface area contributed by atoms with Crippen LogP contribution in [-0.4, -0.2) is 18.9 Å². The van der Waals surface area contributed by atoms with Gasteiger partial charge in [-0.1, -0.05) is 26.2 Å². The Balaban J connectivity index is 2.00.